The SMILES string of the molecule is c1ccc(-c2ccc(-c3nc(Cn4c5ccccc5c5ccc6c7ccccc7n(-c7cc(-c8ccccc8)ccc7-c7ccccc7)c6c54)nc(-c4cccc(-c5ccccc5)c4)n3)cc2)cc1. The highest BCUT2D eigenvalue weighted by Crippen LogP contribution is 2.43. The third-order valence-electron chi connectivity index (χ3n) is 13.5. The second-order valence-corrected chi connectivity index (χ2v) is 17.6. The summed E-state index contributed by atoms with van der Waals surface area (Å²) in [6.45, 7) is 0.406. The summed E-state index contributed by atoms with van der Waals surface area (Å²) in [5.41, 5.74) is 16.7. The van der Waals surface area contributed by atoms with Gasteiger partial charge in [-0.25, -0.2) is 15.0 Å². The van der Waals surface area contributed by atoms with Crippen molar-refractivity contribution in [2.75, 3.05) is 0 Å². The van der Waals surface area contributed by atoms with Crippen LogP contribution in [0.2, 0.25) is 0 Å². The molecule has 10 aromatic carbocycles. The van der Waals surface area contributed by atoms with E-state index >= 15 is 0 Å². The van der Waals surface area contributed by atoms with E-state index in [1.807, 2.05) is 12.1 Å². The van der Waals surface area contributed by atoms with Gasteiger partial charge >= 0.3 is 0 Å². The van der Waals surface area contributed by atoms with Crippen LogP contribution in [0.5, 0.6) is 0 Å². The standard InChI is InChI=1S/C64H43N5/c1-5-18-43(19-6-1)46-32-34-48(35-33-46)63-65-60(66-64(67-63)51-27-17-26-49(40-51)44-20-7-2-8-21-44)42-68-57-30-15-13-28-53(57)55-38-39-56-54-29-14-16-31-58(54)69(62(56)61(55)68)59-41-50(45-22-9-3-10-23-45)36-37-52(59)47-24-11-4-12-25-47/h1-41H,42H2. The molecule has 0 aliphatic heterocycles. The molecule has 0 saturated heterocycles. The Morgan fingerprint density at radius 3 is 1.39 bits per heavy atom. The Labute approximate surface area is 399 Å². The van der Waals surface area contributed by atoms with Gasteiger partial charge in [0.2, 0.25) is 0 Å². The molecule has 5 heteroatoms. The number of benzene rings is 10. The molecule has 0 bridgehead atoms. The largest absolute Gasteiger partial charge is 0.331 e. The van der Waals surface area contributed by atoms with Gasteiger partial charge in [0, 0.05) is 43.8 Å². The van der Waals surface area contributed by atoms with Crippen molar-refractivity contribution >= 4 is 43.6 Å². The smallest absolute Gasteiger partial charge is 0.163 e. The monoisotopic (exact) mass is 881 g/mol. The first-order valence-corrected chi connectivity index (χ1v) is 23.5. The number of nitrogens with zero attached hydrogens (tertiary/aromatic N) is 5. The number of rotatable bonds is 9. The molecule has 0 aliphatic carbocycles. The summed E-state index contributed by atoms with van der Waals surface area (Å²) in [7, 11) is 0. The zero-order valence-electron chi connectivity index (χ0n) is 37.6. The molecule has 0 fully saturated rings. The van der Waals surface area contributed by atoms with E-state index in [0.717, 1.165) is 77.8 Å². The van der Waals surface area contributed by atoms with Gasteiger partial charge in [-0.2, -0.15) is 0 Å². The molecule has 0 spiro atoms. The first-order valence-electron chi connectivity index (χ1n) is 23.5. The fourth-order valence-corrected chi connectivity index (χ4v) is 10.2. The Bertz CT molecular complexity index is 4010. The average Bonchev–Trinajstić information content (AvgIpc) is 3.94. The normalized spacial score (nSPS) is 11.5. The van der Waals surface area contributed by atoms with Crippen molar-refractivity contribution < 1.29 is 0 Å². The van der Waals surface area contributed by atoms with Crippen molar-refractivity contribution in [3.63, 3.8) is 0 Å². The number of para-hydroxylation sites is 2. The first-order chi connectivity index (χ1) is 34.2. The third-order valence-corrected chi connectivity index (χ3v) is 13.5. The van der Waals surface area contributed by atoms with Gasteiger partial charge in [0.25, 0.3) is 0 Å². The molecule has 0 unspecified atom stereocenters. The van der Waals surface area contributed by atoms with Crippen LogP contribution in [0.3, 0.4) is 0 Å². The Balaban J connectivity index is 1.06. The highest BCUT2D eigenvalue weighted by atomic mass is 15.1. The minimum Gasteiger partial charge on any atom is -0.331 e. The van der Waals surface area contributed by atoms with Gasteiger partial charge in [0.1, 0.15) is 0 Å². The van der Waals surface area contributed by atoms with E-state index in [1.54, 1.807) is 0 Å². The molecule has 0 atom stereocenters. The lowest BCUT2D eigenvalue weighted by Crippen LogP contribution is -2.09. The van der Waals surface area contributed by atoms with E-state index in [4.69, 9.17) is 15.0 Å². The van der Waals surface area contributed by atoms with E-state index < -0.39 is 0 Å². The predicted octanol–water partition coefficient (Wildman–Crippen LogP) is 16.1. The molecule has 5 nitrogen and oxygen atoms in total. The summed E-state index contributed by atoms with van der Waals surface area (Å²) in [4.78, 5) is 16.0. The average molecular weight is 882 g/mol. The molecule has 3 heterocycles. The first kappa shape index (κ1) is 40.1. The minimum atomic E-state index is 0.406. The molecule has 0 radical (unpaired) electrons. The summed E-state index contributed by atoms with van der Waals surface area (Å²) in [6.07, 6.45) is 0. The molecule has 0 saturated carbocycles. The molecule has 0 aliphatic rings. The summed E-state index contributed by atoms with van der Waals surface area (Å²) in [6, 6.07) is 88.6. The van der Waals surface area contributed by atoms with Gasteiger partial charge in [-0.15, -0.1) is 0 Å². The van der Waals surface area contributed by atoms with Crippen LogP contribution >= 0.6 is 0 Å². The van der Waals surface area contributed by atoms with Crippen LogP contribution in [-0.4, -0.2) is 24.1 Å². The van der Waals surface area contributed by atoms with Crippen LogP contribution in [0.25, 0.3) is 117 Å². The van der Waals surface area contributed by atoms with Gasteiger partial charge in [-0.1, -0.05) is 224 Å². The predicted molar refractivity (Wildman–Crippen MR) is 285 cm³/mol. The molecular weight excluding hydrogens is 839 g/mol. The van der Waals surface area contributed by atoms with Crippen LogP contribution in [0, 0.1) is 0 Å². The second kappa shape index (κ2) is 16.9. The topological polar surface area (TPSA) is 48.5 Å². The molecule has 3 aromatic heterocycles. The second-order valence-electron chi connectivity index (χ2n) is 17.6. The van der Waals surface area contributed by atoms with Crippen molar-refractivity contribution in [1.82, 2.24) is 24.1 Å². The zero-order chi connectivity index (χ0) is 45.7. The Morgan fingerprint density at radius 2 is 0.739 bits per heavy atom. The lowest BCUT2D eigenvalue weighted by molar-refractivity contribution is 0.786. The van der Waals surface area contributed by atoms with E-state index in [0.29, 0.717) is 24.0 Å². The highest BCUT2D eigenvalue weighted by Gasteiger charge is 2.24. The molecular formula is C64H43N5. The summed E-state index contributed by atoms with van der Waals surface area (Å²) in [5.74, 6) is 1.93. The lowest BCUT2D eigenvalue weighted by Gasteiger charge is -2.17. The highest BCUT2D eigenvalue weighted by molar-refractivity contribution is 6.23. The van der Waals surface area contributed by atoms with E-state index in [9.17, 15) is 0 Å². The van der Waals surface area contributed by atoms with Crippen molar-refractivity contribution in [2.24, 2.45) is 0 Å². The zero-order valence-corrected chi connectivity index (χ0v) is 37.6. The Morgan fingerprint density at radius 1 is 0.290 bits per heavy atom. The number of hydrogen-bond acceptors (Lipinski definition) is 3. The van der Waals surface area contributed by atoms with Gasteiger partial charge in [-0.05, 0) is 63.2 Å². The van der Waals surface area contributed by atoms with Crippen LogP contribution in [0.1, 0.15) is 5.82 Å². The van der Waals surface area contributed by atoms with Gasteiger partial charge in [0.05, 0.1) is 28.8 Å². The van der Waals surface area contributed by atoms with Crippen molar-refractivity contribution in [3.8, 4) is 73.0 Å². The number of fused-ring (bicyclic) bond motifs is 7. The molecule has 324 valence electrons. The fourth-order valence-electron chi connectivity index (χ4n) is 10.2. The number of aromatic nitrogens is 5. The van der Waals surface area contributed by atoms with Crippen molar-refractivity contribution in [1.29, 1.82) is 0 Å². The van der Waals surface area contributed by atoms with E-state index in [-0.39, 0.29) is 0 Å². The third kappa shape index (κ3) is 7.16. The van der Waals surface area contributed by atoms with Gasteiger partial charge in [0.15, 0.2) is 17.5 Å². The summed E-state index contributed by atoms with van der Waals surface area (Å²) in [5, 5.41) is 4.72. The van der Waals surface area contributed by atoms with E-state index in [1.165, 1.54) is 27.1 Å². The lowest BCUT2D eigenvalue weighted by atomic mass is 9.98. The molecule has 0 N–H and O–H groups in total. The summed E-state index contributed by atoms with van der Waals surface area (Å²) < 4.78 is 4.94. The van der Waals surface area contributed by atoms with Gasteiger partial charge in [-0.3, -0.25) is 0 Å². The number of hydrogen-bond donors (Lipinski definition) is 0. The fraction of sp³-hybridized carbons (Fsp3) is 0.0156. The van der Waals surface area contributed by atoms with Crippen LogP contribution in [0.15, 0.2) is 249 Å². The molecule has 0 amide bonds. The Kier molecular flexibility index (Phi) is 9.83. The van der Waals surface area contributed by atoms with Crippen molar-refractivity contribution in [3.05, 3.63) is 255 Å². The van der Waals surface area contributed by atoms with Gasteiger partial charge < -0.3 is 9.13 Å². The summed E-state index contributed by atoms with van der Waals surface area (Å²) >= 11 is 0. The van der Waals surface area contributed by atoms with Crippen molar-refractivity contribution in [2.45, 2.75) is 6.54 Å². The minimum absolute atomic E-state index is 0.406. The maximum Gasteiger partial charge on any atom is 0.163 e. The molecule has 69 heavy (non-hydrogen) atoms. The van der Waals surface area contributed by atoms with Crippen LogP contribution in [0.4, 0.5) is 0 Å². The van der Waals surface area contributed by atoms with Crippen LogP contribution in [-0.2, 0) is 6.54 Å². The Hall–Kier alpha value is -9.19. The quantitative estimate of drug-likeness (QED) is 0.145. The maximum atomic E-state index is 5.37. The molecule has 13 aromatic rings. The molecule has 13 rings (SSSR count). The van der Waals surface area contributed by atoms with Crippen LogP contribution < -0.4 is 0 Å². The van der Waals surface area contributed by atoms with E-state index in [2.05, 4.69) is 246 Å². The maximum absolute atomic E-state index is 5.37.